The lowest BCUT2D eigenvalue weighted by Gasteiger charge is -2.24. The molecule has 128 valence electrons. The number of nitrogens with zero attached hydrogens (tertiary/aromatic N) is 2. The third-order valence-electron chi connectivity index (χ3n) is 4.66. The molecule has 2 amide bonds. The summed E-state index contributed by atoms with van der Waals surface area (Å²) in [5.41, 5.74) is 0.790. The van der Waals surface area contributed by atoms with Crippen LogP contribution in [0, 0.1) is 5.92 Å². The molecular weight excluding hydrogens is 328 g/mol. The monoisotopic (exact) mass is 348 g/mol. The molecule has 7 heteroatoms. The highest BCUT2D eigenvalue weighted by Crippen LogP contribution is 2.30. The Hall–Kier alpha value is -2.02. The number of benzene rings is 1. The van der Waals surface area contributed by atoms with E-state index in [0.717, 1.165) is 10.6 Å². The second-order valence-electron chi connectivity index (χ2n) is 6.13. The van der Waals surface area contributed by atoms with Crippen LogP contribution in [-0.4, -0.2) is 53.2 Å². The van der Waals surface area contributed by atoms with E-state index >= 15 is 0 Å². The number of amides is 2. The van der Waals surface area contributed by atoms with Gasteiger partial charge in [0.1, 0.15) is 6.04 Å². The van der Waals surface area contributed by atoms with Gasteiger partial charge in [-0.15, -0.1) is 11.8 Å². The third-order valence-corrected chi connectivity index (χ3v) is 5.39. The lowest BCUT2D eigenvalue weighted by molar-refractivity contribution is -0.149. The van der Waals surface area contributed by atoms with Gasteiger partial charge >= 0.3 is 5.97 Å². The van der Waals surface area contributed by atoms with Gasteiger partial charge in [-0.3, -0.25) is 9.59 Å². The number of carbonyl (C=O) groups excluding carboxylic acids is 2. The van der Waals surface area contributed by atoms with Crippen LogP contribution in [0.25, 0.3) is 0 Å². The van der Waals surface area contributed by atoms with Gasteiger partial charge in [-0.25, -0.2) is 4.79 Å². The molecule has 2 aliphatic heterocycles. The highest BCUT2D eigenvalue weighted by molar-refractivity contribution is 7.98. The van der Waals surface area contributed by atoms with E-state index in [1.807, 2.05) is 30.5 Å². The first kappa shape index (κ1) is 16.8. The molecule has 24 heavy (non-hydrogen) atoms. The van der Waals surface area contributed by atoms with E-state index in [0.29, 0.717) is 25.9 Å². The quantitative estimate of drug-likeness (QED) is 0.840. The Morgan fingerprint density at radius 1 is 1.33 bits per heavy atom. The van der Waals surface area contributed by atoms with Gasteiger partial charge in [0, 0.05) is 30.1 Å². The molecule has 0 radical (unpaired) electrons. The van der Waals surface area contributed by atoms with E-state index in [9.17, 15) is 19.5 Å². The summed E-state index contributed by atoms with van der Waals surface area (Å²) >= 11 is 1.60. The summed E-state index contributed by atoms with van der Waals surface area (Å²) in [6.07, 6.45) is 3.30. The van der Waals surface area contributed by atoms with Crippen LogP contribution in [0.5, 0.6) is 0 Å². The topological polar surface area (TPSA) is 77.9 Å². The predicted octanol–water partition coefficient (Wildman–Crippen LogP) is 1.84. The van der Waals surface area contributed by atoms with Gasteiger partial charge in [0.25, 0.3) is 0 Å². The molecule has 1 aromatic carbocycles. The SMILES string of the molecule is CSc1cccc(N2CC(C(=O)N3CCC[C@H]3C(=O)O)CC2=O)c1. The Morgan fingerprint density at radius 3 is 2.83 bits per heavy atom. The van der Waals surface area contributed by atoms with Crippen molar-refractivity contribution in [1.82, 2.24) is 4.90 Å². The summed E-state index contributed by atoms with van der Waals surface area (Å²) in [6, 6.07) is 6.91. The number of anilines is 1. The molecule has 0 aliphatic carbocycles. The number of hydrogen-bond acceptors (Lipinski definition) is 4. The maximum Gasteiger partial charge on any atom is 0.326 e. The molecule has 1 unspecified atom stereocenters. The van der Waals surface area contributed by atoms with Gasteiger partial charge in [-0.2, -0.15) is 0 Å². The largest absolute Gasteiger partial charge is 0.480 e. The Kier molecular flexibility index (Phi) is 4.80. The maximum absolute atomic E-state index is 12.7. The zero-order chi connectivity index (χ0) is 17.3. The summed E-state index contributed by atoms with van der Waals surface area (Å²) in [5, 5.41) is 9.24. The van der Waals surface area contributed by atoms with Crippen LogP contribution < -0.4 is 4.90 Å². The van der Waals surface area contributed by atoms with E-state index < -0.39 is 17.9 Å². The standard InChI is InChI=1S/C17H20N2O4S/c1-24-13-5-2-4-12(9-13)19-10-11(8-15(19)20)16(21)18-7-3-6-14(18)17(22)23/h2,4-5,9,11,14H,3,6-8,10H2,1H3,(H,22,23)/t11?,14-/m0/s1. The second kappa shape index (κ2) is 6.84. The van der Waals surface area contributed by atoms with Crippen LogP contribution in [-0.2, 0) is 14.4 Å². The highest BCUT2D eigenvalue weighted by atomic mass is 32.2. The Balaban J connectivity index is 1.74. The fourth-order valence-electron chi connectivity index (χ4n) is 3.42. The minimum Gasteiger partial charge on any atom is -0.480 e. The first-order valence-electron chi connectivity index (χ1n) is 7.99. The normalized spacial score (nSPS) is 23.8. The van der Waals surface area contributed by atoms with Crippen molar-refractivity contribution in [1.29, 1.82) is 0 Å². The first-order chi connectivity index (χ1) is 11.5. The van der Waals surface area contributed by atoms with Crippen molar-refractivity contribution in [2.45, 2.75) is 30.2 Å². The van der Waals surface area contributed by atoms with Crippen LogP contribution in [0.15, 0.2) is 29.2 Å². The van der Waals surface area contributed by atoms with E-state index in [2.05, 4.69) is 0 Å². The lowest BCUT2D eigenvalue weighted by Crippen LogP contribution is -2.44. The van der Waals surface area contributed by atoms with Crippen molar-refractivity contribution in [3.05, 3.63) is 24.3 Å². The zero-order valence-electron chi connectivity index (χ0n) is 13.5. The minimum atomic E-state index is -0.963. The molecule has 2 fully saturated rings. The second-order valence-corrected chi connectivity index (χ2v) is 7.01. The Labute approximate surface area is 144 Å². The van der Waals surface area contributed by atoms with Gasteiger partial charge in [0.05, 0.1) is 5.92 Å². The van der Waals surface area contributed by atoms with Gasteiger partial charge in [-0.1, -0.05) is 6.07 Å². The van der Waals surface area contributed by atoms with Gasteiger partial charge < -0.3 is 14.9 Å². The average molecular weight is 348 g/mol. The molecule has 6 nitrogen and oxygen atoms in total. The molecule has 3 rings (SSSR count). The fourth-order valence-corrected chi connectivity index (χ4v) is 3.88. The molecule has 2 atom stereocenters. The van der Waals surface area contributed by atoms with Crippen molar-refractivity contribution in [2.75, 3.05) is 24.2 Å². The summed E-state index contributed by atoms with van der Waals surface area (Å²) in [5.74, 6) is -1.72. The number of carboxylic acid groups (broad SMARTS) is 1. The molecule has 1 N–H and O–H groups in total. The number of thioether (sulfide) groups is 1. The van der Waals surface area contributed by atoms with E-state index in [-0.39, 0.29) is 18.2 Å². The van der Waals surface area contributed by atoms with Crippen LogP contribution >= 0.6 is 11.8 Å². The van der Waals surface area contributed by atoms with Gasteiger partial charge in [0.2, 0.25) is 11.8 Å². The number of carbonyl (C=O) groups is 3. The molecule has 0 bridgehead atoms. The predicted molar refractivity (Wildman–Crippen MR) is 91.1 cm³/mol. The van der Waals surface area contributed by atoms with Gasteiger partial charge in [0.15, 0.2) is 0 Å². The molecule has 0 spiro atoms. The van der Waals surface area contributed by atoms with Crippen molar-refractivity contribution in [2.24, 2.45) is 5.92 Å². The maximum atomic E-state index is 12.7. The fraction of sp³-hybridized carbons (Fsp3) is 0.471. The number of aliphatic carboxylic acids is 1. The summed E-state index contributed by atoms with van der Waals surface area (Å²) in [7, 11) is 0. The number of rotatable bonds is 4. The molecule has 1 aromatic rings. The smallest absolute Gasteiger partial charge is 0.326 e. The number of likely N-dealkylation sites (tertiary alicyclic amines) is 1. The van der Waals surface area contributed by atoms with E-state index in [1.165, 1.54) is 4.90 Å². The summed E-state index contributed by atoms with van der Waals surface area (Å²) in [6.45, 7) is 0.779. The van der Waals surface area contributed by atoms with Crippen molar-refractivity contribution < 1.29 is 19.5 Å². The van der Waals surface area contributed by atoms with Crippen LogP contribution in [0.3, 0.4) is 0 Å². The number of carboxylic acids is 1. The van der Waals surface area contributed by atoms with Crippen molar-refractivity contribution in [3.8, 4) is 0 Å². The molecule has 0 aromatic heterocycles. The first-order valence-corrected chi connectivity index (χ1v) is 9.21. The zero-order valence-corrected chi connectivity index (χ0v) is 14.3. The highest BCUT2D eigenvalue weighted by Gasteiger charge is 2.42. The average Bonchev–Trinajstić information content (AvgIpc) is 3.21. The summed E-state index contributed by atoms with van der Waals surface area (Å²) < 4.78 is 0. The van der Waals surface area contributed by atoms with Crippen molar-refractivity contribution >= 4 is 35.2 Å². The van der Waals surface area contributed by atoms with Crippen LogP contribution in [0.4, 0.5) is 5.69 Å². The molecule has 2 saturated heterocycles. The Bertz CT molecular complexity index is 678. The van der Waals surface area contributed by atoms with Crippen LogP contribution in [0.2, 0.25) is 0 Å². The third kappa shape index (κ3) is 3.13. The van der Waals surface area contributed by atoms with Crippen LogP contribution in [0.1, 0.15) is 19.3 Å². The Morgan fingerprint density at radius 2 is 2.12 bits per heavy atom. The van der Waals surface area contributed by atoms with Gasteiger partial charge in [-0.05, 0) is 37.3 Å². The molecule has 2 heterocycles. The molecule has 0 saturated carbocycles. The lowest BCUT2D eigenvalue weighted by atomic mass is 10.1. The molecular formula is C17H20N2O4S. The summed E-state index contributed by atoms with van der Waals surface area (Å²) in [4.78, 5) is 40.4. The van der Waals surface area contributed by atoms with Crippen molar-refractivity contribution in [3.63, 3.8) is 0 Å². The minimum absolute atomic E-state index is 0.0855. The number of hydrogen-bond donors (Lipinski definition) is 1. The molecule has 2 aliphatic rings. The van der Waals surface area contributed by atoms with E-state index in [1.54, 1.807) is 16.7 Å². The van der Waals surface area contributed by atoms with E-state index in [4.69, 9.17) is 0 Å².